The zero-order chi connectivity index (χ0) is 13.7. The molecular formula is C11H12BrFN2O3. The molecule has 1 rings (SSSR count). The molecule has 0 saturated heterocycles. The maximum Gasteiger partial charge on any atom is 0.258 e. The Morgan fingerprint density at radius 1 is 1.56 bits per heavy atom. The number of hydrogen-bond acceptors (Lipinski definition) is 3. The summed E-state index contributed by atoms with van der Waals surface area (Å²) in [7, 11) is 0. The Kier molecular flexibility index (Phi) is 5.08. The molecule has 18 heavy (non-hydrogen) atoms. The highest BCUT2D eigenvalue weighted by Gasteiger charge is 2.13. The minimum atomic E-state index is -0.795. The molecule has 3 N–H and O–H groups in total. The van der Waals surface area contributed by atoms with Gasteiger partial charge in [-0.1, -0.05) is 15.9 Å². The van der Waals surface area contributed by atoms with E-state index in [4.69, 9.17) is 10.5 Å². The molecule has 7 heteroatoms. The van der Waals surface area contributed by atoms with Crippen LogP contribution in [0.1, 0.15) is 6.92 Å². The van der Waals surface area contributed by atoms with Gasteiger partial charge in [0.2, 0.25) is 5.91 Å². The summed E-state index contributed by atoms with van der Waals surface area (Å²) in [5.41, 5.74) is 4.97. The van der Waals surface area contributed by atoms with E-state index in [1.165, 1.54) is 19.1 Å². The highest BCUT2D eigenvalue weighted by atomic mass is 79.9. The van der Waals surface area contributed by atoms with E-state index in [0.29, 0.717) is 4.47 Å². The molecule has 0 aliphatic rings. The summed E-state index contributed by atoms with van der Waals surface area (Å²) in [6, 6.07) is 3.40. The number of amides is 2. The van der Waals surface area contributed by atoms with E-state index in [2.05, 4.69) is 21.2 Å². The van der Waals surface area contributed by atoms with Gasteiger partial charge in [-0.3, -0.25) is 9.59 Å². The zero-order valence-corrected chi connectivity index (χ0v) is 11.2. The predicted octanol–water partition coefficient (Wildman–Crippen LogP) is 0.957. The van der Waals surface area contributed by atoms with Crippen molar-refractivity contribution in [3.63, 3.8) is 0 Å². The van der Waals surface area contributed by atoms with Gasteiger partial charge >= 0.3 is 0 Å². The lowest BCUT2D eigenvalue weighted by Crippen LogP contribution is -2.44. The fraction of sp³-hybridized carbons (Fsp3) is 0.273. The first-order valence-corrected chi connectivity index (χ1v) is 5.86. The SMILES string of the molecule is CC(NC(=O)COc1ccc(Br)cc1F)C(N)=O. The van der Waals surface area contributed by atoms with Crippen LogP contribution in [-0.4, -0.2) is 24.5 Å². The number of nitrogens with one attached hydrogen (secondary N) is 1. The van der Waals surface area contributed by atoms with Gasteiger partial charge in [-0.05, 0) is 25.1 Å². The van der Waals surface area contributed by atoms with E-state index < -0.39 is 30.3 Å². The van der Waals surface area contributed by atoms with Gasteiger partial charge in [0.1, 0.15) is 6.04 Å². The Hall–Kier alpha value is -1.63. The molecule has 1 unspecified atom stereocenters. The van der Waals surface area contributed by atoms with Crippen molar-refractivity contribution in [2.45, 2.75) is 13.0 Å². The topological polar surface area (TPSA) is 81.4 Å². The number of primary amides is 1. The van der Waals surface area contributed by atoms with Gasteiger partial charge < -0.3 is 15.8 Å². The molecule has 0 aliphatic heterocycles. The molecular weight excluding hydrogens is 307 g/mol. The van der Waals surface area contributed by atoms with Crippen molar-refractivity contribution in [1.29, 1.82) is 0 Å². The Balaban J connectivity index is 2.50. The van der Waals surface area contributed by atoms with Gasteiger partial charge in [0.25, 0.3) is 5.91 Å². The smallest absolute Gasteiger partial charge is 0.258 e. The number of nitrogens with two attached hydrogens (primary N) is 1. The van der Waals surface area contributed by atoms with Gasteiger partial charge in [-0.15, -0.1) is 0 Å². The third kappa shape index (κ3) is 4.33. The summed E-state index contributed by atoms with van der Waals surface area (Å²) < 4.78 is 18.9. The second-order valence-electron chi connectivity index (χ2n) is 3.55. The standard InChI is InChI=1S/C11H12BrFN2O3/c1-6(11(14)17)15-10(16)5-18-9-3-2-7(12)4-8(9)13/h2-4,6H,5H2,1H3,(H2,14,17)(H,15,16). The molecule has 1 atom stereocenters. The van der Waals surface area contributed by atoms with E-state index in [1.807, 2.05) is 0 Å². The van der Waals surface area contributed by atoms with Crippen LogP contribution in [0.5, 0.6) is 5.75 Å². The lowest BCUT2D eigenvalue weighted by molar-refractivity contribution is -0.128. The average molecular weight is 319 g/mol. The summed E-state index contributed by atoms with van der Waals surface area (Å²) in [4.78, 5) is 22.0. The highest BCUT2D eigenvalue weighted by Crippen LogP contribution is 2.21. The number of hydrogen-bond donors (Lipinski definition) is 2. The minimum Gasteiger partial charge on any atom is -0.481 e. The Morgan fingerprint density at radius 3 is 2.78 bits per heavy atom. The van der Waals surface area contributed by atoms with Crippen LogP contribution in [-0.2, 0) is 9.59 Å². The second-order valence-corrected chi connectivity index (χ2v) is 4.47. The highest BCUT2D eigenvalue weighted by molar-refractivity contribution is 9.10. The molecule has 0 spiro atoms. The van der Waals surface area contributed by atoms with Gasteiger partial charge in [0.15, 0.2) is 18.2 Å². The van der Waals surface area contributed by atoms with E-state index in [9.17, 15) is 14.0 Å². The van der Waals surface area contributed by atoms with Crippen molar-refractivity contribution < 1.29 is 18.7 Å². The molecule has 0 radical (unpaired) electrons. The van der Waals surface area contributed by atoms with Crippen LogP contribution < -0.4 is 15.8 Å². The van der Waals surface area contributed by atoms with Gasteiger partial charge in [0, 0.05) is 4.47 Å². The number of rotatable bonds is 5. The number of halogens is 2. The molecule has 0 aliphatic carbocycles. The van der Waals surface area contributed by atoms with Crippen LogP contribution in [0, 0.1) is 5.82 Å². The number of benzene rings is 1. The quantitative estimate of drug-likeness (QED) is 0.848. The number of carbonyl (C=O) groups is 2. The maximum absolute atomic E-state index is 13.3. The Bertz CT molecular complexity index is 468. The van der Waals surface area contributed by atoms with Crippen molar-refractivity contribution in [1.82, 2.24) is 5.32 Å². The monoisotopic (exact) mass is 318 g/mol. The van der Waals surface area contributed by atoms with Crippen LogP contribution in [0.2, 0.25) is 0 Å². The first-order valence-electron chi connectivity index (χ1n) is 5.06. The maximum atomic E-state index is 13.3. The molecule has 0 heterocycles. The van der Waals surface area contributed by atoms with Gasteiger partial charge in [-0.2, -0.15) is 0 Å². The van der Waals surface area contributed by atoms with E-state index in [0.717, 1.165) is 0 Å². The van der Waals surface area contributed by atoms with Crippen molar-refractivity contribution in [3.05, 3.63) is 28.5 Å². The summed E-state index contributed by atoms with van der Waals surface area (Å²) in [6.07, 6.45) is 0. The van der Waals surface area contributed by atoms with Gasteiger partial charge in [0.05, 0.1) is 0 Å². The third-order valence-corrected chi connectivity index (χ3v) is 2.55. The second kappa shape index (κ2) is 6.34. The fourth-order valence-electron chi connectivity index (χ4n) is 1.09. The van der Waals surface area contributed by atoms with Crippen LogP contribution in [0.15, 0.2) is 22.7 Å². The van der Waals surface area contributed by atoms with Crippen LogP contribution in [0.25, 0.3) is 0 Å². The largest absolute Gasteiger partial charge is 0.481 e. The fourth-order valence-corrected chi connectivity index (χ4v) is 1.42. The predicted molar refractivity (Wildman–Crippen MR) is 66.4 cm³/mol. The lowest BCUT2D eigenvalue weighted by Gasteiger charge is -2.11. The van der Waals surface area contributed by atoms with Crippen LogP contribution in [0.4, 0.5) is 4.39 Å². The molecule has 98 valence electrons. The zero-order valence-electron chi connectivity index (χ0n) is 9.57. The van der Waals surface area contributed by atoms with Crippen molar-refractivity contribution in [2.24, 2.45) is 5.73 Å². The minimum absolute atomic E-state index is 0.0416. The molecule has 0 aromatic heterocycles. The molecule has 0 fully saturated rings. The summed E-state index contributed by atoms with van der Waals surface area (Å²) >= 11 is 3.10. The molecule has 1 aromatic rings. The van der Waals surface area contributed by atoms with Crippen molar-refractivity contribution >= 4 is 27.7 Å². The normalized spacial score (nSPS) is 11.7. The molecule has 0 saturated carbocycles. The van der Waals surface area contributed by atoms with Crippen molar-refractivity contribution in [2.75, 3.05) is 6.61 Å². The van der Waals surface area contributed by atoms with E-state index >= 15 is 0 Å². The first-order chi connectivity index (χ1) is 8.40. The first kappa shape index (κ1) is 14.4. The average Bonchev–Trinajstić information content (AvgIpc) is 2.27. The molecule has 5 nitrogen and oxygen atoms in total. The Morgan fingerprint density at radius 2 is 2.22 bits per heavy atom. The molecule has 1 aromatic carbocycles. The van der Waals surface area contributed by atoms with E-state index in [1.54, 1.807) is 6.07 Å². The summed E-state index contributed by atoms with van der Waals surface area (Å²) in [5.74, 6) is -1.83. The van der Waals surface area contributed by atoms with Crippen LogP contribution >= 0.6 is 15.9 Å². The van der Waals surface area contributed by atoms with Gasteiger partial charge in [-0.25, -0.2) is 4.39 Å². The van der Waals surface area contributed by atoms with E-state index in [-0.39, 0.29) is 5.75 Å². The lowest BCUT2D eigenvalue weighted by atomic mass is 10.3. The van der Waals surface area contributed by atoms with Crippen LogP contribution in [0.3, 0.4) is 0 Å². The van der Waals surface area contributed by atoms with Crippen molar-refractivity contribution in [3.8, 4) is 5.75 Å². The summed E-state index contributed by atoms with van der Waals surface area (Å²) in [6.45, 7) is 1.05. The Labute approximate surface area is 112 Å². The molecule has 2 amide bonds. The number of ether oxygens (including phenoxy) is 1. The summed E-state index contributed by atoms with van der Waals surface area (Å²) in [5, 5.41) is 2.31. The number of carbonyl (C=O) groups excluding carboxylic acids is 2. The third-order valence-electron chi connectivity index (χ3n) is 2.06. The molecule has 0 bridgehead atoms.